The maximum absolute atomic E-state index is 12.0. The zero-order valence-corrected chi connectivity index (χ0v) is 14.7. The Morgan fingerprint density at radius 1 is 1.52 bits per heavy atom. The lowest BCUT2D eigenvalue weighted by molar-refractivity contribution is 0.0286. The molecule has 2 heterocycles. The van der Waals surface area contributed by atoms with Crippen molar-refractivity contribution in [3.05, 3.63) is 17.0 Å². The molecule has 2 N–H and O–H groups in total. The average molecular weight is 341 g/mol. The molecule has 23 heavy (non-hydrogen) atoms. The van der Waals surface area contributed by atoms with E-state index in [-0.39, 0.29) is 18.3 Å². The summed E-state index contributed by atoms with van der Waals surface area (Å²) in [6, 6.07) is 3.74. The first-order chi connectivity index (χ1) is 10.7. The van der Waals surface area contributed by atoms with Crippen LogP contribution < -0.4 is 10.6 Å². The summed E-state index contributed by atoms with van der Waals surface area (Å²) >= 11 is 1.44. The predicted octanol–water partition coefficient (Wildman–Crippen LogP) is 2.40. The minimum absolute atomic E-state index is 0.266. The zero-order valence-electron chi connectivity index (χ0n) is 13.9. The van der Waals surface area contributed by atoms with E-state index in [1.54, 1.807) is 11.9 Å². The molecule has 1 aliphatic heterocycles. The van der Waals surface area contributed by atoms with Crippen LogP contribution in [0.4, 0.5) is 14.6 Å². The topological polar surface area (TPSA) is 85.1 Å². The molecule has 1 atom stereocenters. The maximum Gasteiger partial charge on any atom is 0.415 e. The molecule has 1 fully saturated rings. The number of thiophene rings is 1. The Bertz CT molecular complexity index is 582. The summed E-state index contributed by atoms with van der Waals surface area (Å²) in [7, 11) is 1.68. The van der Waals surface area contributed by atoms with Crippen molar-refractivity contribution in [1.82, 2.24) is 4.90 Å². The van der Waals surface area contributed by atoms with Gasteiger partial charge in [-0.2, -0.15) is 0 Å². The van der Waals surface area contributed by atoms with Gasteiger partial charge in [-0.15, -0.1) is 11.3 Å². The van der Waals surface area contributed by atoms with Gasteiger partial charge >= 0.3 is 12.2 Å². The van der Waals surface area contributed by atoms with E-state index in [1.807, 2.05) is 32.9 Å². The third-order valence-electron chi connectivity index (χ3n) is 3.15. The Hall–Kier alpha value is -1.80. The van der Waals surface area contributed by atoms with Crippen LogP contribution in [0.1, 0.15) is 25.6 Å². The highest BCUT2D eigenvalue weighted by Gasteiger charge is 2.32. The molecule has 2 amide bonds. The van der Waals surface area contributed by atoms with Crippen LogP contribution in [0.15, 0.2) is 12.1 Å². The number of carbonyl (C=O) groups is 2. The van der Waals surface area contributed by atoms with Gasteiger partial charge in [-0.1, -0.05) is 0 Å². The second-order valence-electron chi connectivity index (χ2n) is 6.43. The molecule has 7 nitrogen and oxygen atoms in total. The van der Waals surface area contributed by atoms with Crippen LogP contribution in [0.5, 0.6) is 0 Å². The molecule has 1 aromatic rings. The predicted molar refractivity (Wildman–Crippen MR) is 88.7 cm³/mol. The van der Waals surface area contributed by atoms with E-state index in [0.29, 0.717) is 19.6 Å². The largest absolute Gasteiger partial charge is 0.444 e. The van der Waals surface area contributed by atoms with Crippen molar-refractivity contribution in [3.8, 4) is 0 Å². The molecule has 1 aromatic heterocycles. The van der Waals surface area contributed by atoms with E-state index in [0.717, 1.165) is 9.88 Å². The van der Waals surface area contributed by atoms with E-state index >= 15 is 0 Å². The number of hydrogen-bond acceptors (Lipinski definition) is 6. The van der Waals surface area contributed by atoms with Gasteiger partial charge in [-0.25, -0.2) is 9.59 Å². The van der Waals surface area contributed by atoms with Crippen LogP contribution in [-0.4, -0.2) is 48.9 Å². The average Bonchev–Trinajstić information content (AvgIpc) is 3.03. The summed E-state index contributed by atoms with van der Waals surface area (Å²) in [5.41, 5.74) is 5.01. The van der Waals surface area contributed by atoms with Crippen LogP contribution in [-0.2, 0) is 16.0 Å². The van der Waals surface area contributed by atoms with Gasteiger partial charge in [0, 0.05) is 18.5 Å². The van der Waals surface area contributed by atoms with Crippen LogP contribution in [0, 0.1) is 0 Å². The molecule has 8 heteroatoms. The lowest BCUT2D eigenvalue weighted by atomic mass is 10.2. The zero-order chi connectivity index (χ0) is 17.2. The minimum atomic E-state index is -0.525. The standard InChI is InChI=1S/C15H23N3O4S/c1-15(2,3)22-13(19)17(4)9-11-5-6-12(23-11)18-8-10(7-16)21-14(18)20/h5-6,10H,7-9,16H2,1-4H3/t10-/m0/s1. The number of ether oxygens (including phenoxy) is 2. The van der Waals surface area contributed by atoms with E-state index < -0.39 is 5.60 Å². The normalized spacial score (nSPS) is 18.0. The fraction of sp³-hybridized carbons (Fsp3) is 0.600. The number of rotatable bonds is 4. The molecule has 0 unspecified atom stereocenters. The molecule has 1 saturated heterocycles. The van der Waals surface area contributed by atoms with Crippen LogP contribution in [0.25, 0.3) is 0 Å². The van der Waals surface area contributed by atoms with Gasteiger partial charge in [0.2, 0.25) is 0 Å². The first-order valence-electron chi connectivity index (χ1n) is 7.40. The van der Waals surface area contributed by atoms with Crippen molar-refractivity contribution in [2.45, 2.75) is 39.0 Å². The summed E-state index contributed by atoms with van der Waals surface area (Å²) in [5.74, 6) is 0. The molecule has 0 aromatic carbocycles. The summed E-state index contributed by atoms with van der Waals surface area (Å²) < 4.78 is 10.5. The molecule has 1 aliphatic rings. The first kappa shape index (κ1) is 17.6. The number of hydrogen-bond donors (Lipinski definition) is 1. The smallest absolute Gasteiger partial charge is 0.415 e. The summed E-state index contributed by atoms with van der Waals surface area (Å²) in [5, 5.41) is 0.790. The molecular formula is C15H23N3O4S. The SMILES string of the molecule is CN(Cc1ccc(N2C[C@H](CN)OC2=O)s1)C(=O)OC(C)(C)C. The number of carbonyl (C=O) groups excluding carboxylic acids is 2. The quantitative estimate of drug-likeness (QED) is 0.909. The summed E-state index contributed by atoms with van der Waals surface area (Å²) in [6.07, 6.45) is -1.02. The van der Waals surface area contributed by atoms with Crippen molar-refractivity contribution < 1.29 is 19.1 Å². The Kier molecular flexibility index (Phi) is 5.16. The molecule has 0 bridgehead atoms. The van der Waals surface area contributed by atoms with Gasteiger partial charge in [-0.3, -0.25) is 4.90 Å². The van der Waals surface area contributed by atoms with Crippen molar-refractivity contribution in [2.24, 2.45) is 5.73 Å². The molecule has 128 valence electrons. The molecule has 0 radical (unpaired) electrons. The van der Waals surface area contributed by atoms with Crippen LogP contribution >= 0.6 is 11.3 Å². The van der Waals surface area contributed by atoms with E-state index in [4.69, 9.17) is 15.2 Å². The fourth-order valence-electron chi connectivity index (χ4n) is 2.06. The fourth-order valence-corrected chi connectivity index (χ4v) is 3.12. The maximum atomic E-state index is 12.0. The number of amides is 2. The van der Waals surface area contributed by atoms with Crippen molar-refractivity contribution in [3.63, 3.8) is 0 Å². The van der Waals surface area contributed by atoms with Gasteiger partial charge in [0.15, 0.2) is 0 Å². The highest BCUT2D eigenvalue weighted by Crippen LogP contribution is 2.30. The second kappa shape index (κ2) is 6.76. The Morgan fingerprint density at radius 3 is 2.78 bits per heavy atom. The van der Waals surface area contributed by atoms with Crippen LogP contribution in [0.2, 0.25) is 0 Å². The van der Waals surface area contributed by atoms with Gasteiger partial charge in [0.05, 0.1) is 13.1 Å². The third-order valence-corrected chi connectivity index (χ3v) is 4.24. The number of nitrogens with zero attached hydrogens (tertiary/aromatic N) is 2. The van der Waals surface area contributed by atoms with E-state index in [2.05, 4.69) is 0 Å². The molecular weight excluding hydrogens is 318 g/mol. The minimum Gasteiger partial charge on any atom is -0.444 e. The van der Waals surface area contributed by atoms with E-state index in [1.165, 1.54) is 16.2 Å². The molecule has 0 saturated carbocycles. The molecule has 0 spiro atoms. The lowest BCUT2D eigenvalue weighted by Crippen LogP contribution is -2.33. The first-order valence-corrected chi connectivity index (χ1v) is 8.22. The Balaban J connectivity index is 1.97. The number of cyclic esters (lactones) is 1. The van der Waals surface area contributed by atoms with Crippen molar-refractivity contribution in [2.75, 3.05) is 25.0 Å². The van der Waals surface area contributed by atoms with Gasteiger partial charge in [0.25, 0.3) is 0 Å². The third kappa shape index (κ3) is 4.59. The van der Waals surface area contributed by atoms with Crippen molar-refractivity contribution >= 4 is 28.5 Å². The van der Waals surface area contributed by atoms with E-state index in [9.17, 15) is 9.59 Å². The van der Waals surface area contributed by atoms with Gasteiger partial charge in [0.1, 0.15) is 16.7 Å². The highest BCUT2D eigenvalue weighted by molar-refractivity contribution is 7.16. The summed E-state index contributed by atoms with van der Waals surface area (Å²) in [4.78, 5) is 27.8. The monoisotopic (exact) mass is 341 g/mol. The summed E-state index contributed by atoms with van der Waals surface area (Å²) in [6.45, 7) is 6.67. The van der Waals surface area contributed by atoms with Crippen LogP contribution in [0.3, 0.4) is 0 Å². The Labute approximate surface area is 139 Å². The number of anilines is 1. The van der Waals surface area contributed by atoms with Gasteiger partial charge < -0.3 is 20.1 Å². The second-order valence-corrected chi connectivity index (χ2v) is 7.58. The Morgan fingerprint density at radius 2 is 2.22 bits per heavy atom. The molecule has 2 rings (SSSR count). The number of nitrogens with two attached hydrogens (primary N) is 1. The lowest BCUT2D eigenvalue weighted by Gasteiger charge is -2.24. The van der Waals surface area contributed by atoms with Crippen molar-refractivity contribution in [1.29, 1.82) is 0 Å². The highest BCUT2D eigenvalue weighted by atomic mass is 32.1. The van der Waals surface area contributed by atoms with Gasteiger partial charge in [-0.05, 0) is 32.9 Å². The molecule has 0 aliphatic carbocycles.